The van der Waals surface area contributed by atoms with E-state index in [-0.39, 0.29) is 11.3 Å². The first kappa shape index (κ1) is 27.3. The maximum absolute atomic E-state index is 10.8. The molecule has 4 rings (SSSR count). The van der Waals surface area contributed by atoms with Gasteiger partial charge in [0.1, 0.15) is 0 Å². The van der Waals surface area contributed by atoms with E-state index in [0.717, 1.165) is 25.2 Å². The van der Waals surface area contributed by atoms with Crippen LogP contribution in [0.2, 0.25) is 10.4 Å². The Morgan fingerprint density at radius 2 is 1.70 bits per heavy atom. The predicted molar refractivity (Wildman–Crippen MR) is 145 cm³/mol. The van der Waals surface area contributed by atoms with Crippen LogP contribution in [0.25, 0.3) is 0 Å². The molecule has 1 N–H and O–H groups in total. The third kappa shape index (κ3) is 4.51. The van der Waals surface area contributed by atoms with Gasteiger partial charge in [0.05, 0.1) is 31.4 Å². The van der Waals surface area contributed by atoms with Crippen LogP contribution in [0.1, 0.15) is 106 Å². The Morgan fingerprint density at radius 1 is 1.03 bits per heavy atom. The fraction of sp³-hybridized carbons (Fsp3) is 0.857. The molecule has 0 saturated heterocycles. The van der Waals surface area contributed by atoms with Crippen LogP contribution in [-0.2, 0) is 0 Å². The number of fused-ring (bicyclic) bond motifs is 4. The Hall–Kier alpha value is -0.300. The van der Waals surface area contributed by atoms with Gasteiger partial charge in [0.15, 0.2) is 0 Å². The van der Waals surface area contributed by atoms with Crippen molar-refractivity contribution in [2.75, 3.05) is 0 Å². The van der Waals surface area contributed by atoms with Crippen LogP contribution in [0.5, 0.6) is 0 Å². The lowest BCUT2D eigenvalue weighted by molar-refractivity contribution is -0.00859. The lowest BCUT2D eigenvalue weighted by Crippen LogP contribution is -2.58. The molecule has 5 heteroatoms. The number of hydrogen-bond acceptors (Lipinski definition) is 1. The third-order valence-electron chi connectivity index (χ3n) is 9.98. The zero-order valence-corrected chi connectivity index (χ0v) is 22.2. The van der Waals surface area contributed by atoms with Gasteiger partial charge in [-0.05, 0) is 100 Å². The van der Waals surface area contributed by atoms with Crippen molar-refractivity contribution in [3.63, 3.8) is 0 Å². The molecule has 0 aromatic heterocycles. The number of rotatable bonds is 4. The highest BCUT2D eigenvalue weighted by Crippen LogP contribution is 2.70. The zero-order chi connectivity index (χ0) is 24.8. The van der Waals surface area contributed by atoms with Crippen molar-refractivity contribution in [1.29, 1.82) is 0 Å². The lowest BCUT2D eigenvalue weighted by Gasteiger charge is -2.65. The predicted octanol–water partition coefficient (Wildman–Crippen LogP) is 6.36. The van der Waals surface area contributed by atoms with Gasteiger partial charge in [0.2, 0.25) is 0 Å². The van der Waals surface area contributed by atoms with Crippen molar-refractivity contribution in [1.82, 2.24) is 0 Å². The fourth-order valence-corrected chi connectivity index (χ4v) is 8.48. The molecule has 0 heterocycles. The first-order chi connectivity index (χ1) is 15.3. The largest absolute Gasteiger partial charge is 0.395 e. The monoisotopic (exact) mass is 440 g/mol. The molecule has 8 radical (unpaired) electrons. The first-order valence-corrected chi connectivity index (χ1v) is 13.5. The Labute approximate surface area is 210 Å². The van der Waals surface area contributed by atoms with Crippen molar-refractivity contribution in [3.8, 4) is 0 Å². The lowest BCUT2D eigenvalue weighted by atomic mass is 9.26. The Kier molecular flexibility index (Phi) is 7.96. The summed E-state index contributed by atoms with van der Waals surface area (Å²) in [7, 11) is 25.9. The maximum Gasteiger partial charge on any atom is 0.0658 e. The van der Waals surface area contributed by atoms with Gasteiger partial charge in [0, 0.05) is 6.10 Å². The van der Waals surface area contributed by atoms with Crippen LogP contribution in [0.4, 0.5) is 0 Å². The smallest absolute Gasteiger partial charge is 0.0658 e. The molecule has 33 heavy (non-hydrogen) atoms. The minimum atomic E-state index is -1.26. The third-order valence-corrected chi connectivity index (χ3v) is 9.98. The Morgan fingerprint density at radius 3 is 2.33 bits per heavy atom. The van der Waals surface area contributed by atoms with Crippen molar-refractivity contribution in [2.45, 2.75) is 122 Å². The molecule has 6 atom stereocenters. The highest BCUT2D eigenvalue weighted by molar-refractivity contribution is 6.45. The van der Waals surface area contributed by atoms with E-state index in [1.807, 2.05) is 13.8 Å². The highest BCUT2D eigenvalue weighted by atomic mass is 16.3. The molecule has 0 aromatic rings. The van der Waals surface area contributed by atoms with E-state index in [1.165, 1.54) is 49.7 Å². The topological polar surface area (TPSA) is 20.2 Å². The summed E-state index contributed by atoms with van der Waals surface area (Å²) in [6.07, 6.45) is 12.7. The Bertz CT molecular complexity index is 781. The molecule has 0 spiro atoms. The molecule has 4 aliphatic carbocycles. The normalized spacial score (nSPS) is 40.6. The summed E-state index contributed by atoms with van der Waals surface area (Å²) in [5.41, 5.74) is 4.82. The van der Waals surface area contributed by atoms with Gasteiger partial charge >= 0.3 is 0 Å². The molecule has 2 fully saturated rings. The molecule has 0 amide bonds. The second-order valence-corrected chi connectivity index (χ2v) is 12.2. The molecule has 6 unspecified atom stereocenters. The maximum atomic E-state index is 10.8. The standard InChI is InChI=1S/C26H38B4O.C2H6/c1-16(2)7-5-6-8-17-9-11-19-18-10-12-21-24(4,20(18)13-14-23(17,19)3)15-25(27,28)22(31)26(21,29)30;1-2/h7,17,19,21-22,31H,5-6,8-15H2,1-4H3;1-2H3. The summed E-state index contributed by atoms with van der Waals surface area (Å²) in [6, 6.07) is 0. The number of aliphatic hydroxyl groups excluding tert-OH is 1. The summed E-state index contributed by atoms with van der Waals surface area (Å²) in [6.45, 7) is 13.2. The van der Waals surface area contributed by atoms with E-state index in [2.05, 4.69) is 33.8 Å². The van der Waals surface area contributed by atoms with Crippen LogP contribution < -0.4 is 0 Å². The van der Waals surface area contributed by atoms with E-state index in [0.29, 0.717) is 17.8 Å². The van der Waals surface area contributed by atoms with Crippen molar-refractivity contribution >= 4 is 31.4 Å². The average Bonchev–Trinajstić information content (AvgIpc) is 3.07. The number of aliphatic hydroxyl groups is 1. The molecule has 0 aromatic carbocycles. The van der Waals surface area contributed by atoms with Gasteiger partial charge in [-0.25, -0.2) is 0 Å². The van der Waals surface area contributed by atoms with Crippen LogP contribution in [0.15, 0.2) is 22.8 Å². The van der Waals surface area contributed by atoms with Gasteiger partial charge in [-0.3, -0.25) is 0 Å². The van der Waals surface area contributed by atoms with Crippen molar-refractivity contribution < 1.29 is 5.11 Å². The molecular weight excluding hydrogens is 396 g/mol. The van der Waals surface area contributed by atoms with E-state index < -0.39 is 16.5 Å². The number of allylic oxidation sites excluding steroid dienone is 4. The summed E-state index contributed by atoms with van der Waals surface area (Å²) in [4.78, 5) is 0. The van der Waals surface area contributed by atoms with Crippen LogP contribution in [-0.4, -0.2) is 42.6 Å². The summed E-state index contributed by atoms with van der Waals surface area (Å²) >= 11 is 0. The van der Waals surface area contributed by atoms with Gasteiger partial charge in [-0.15, -0.1) is 0 Å². The molecule has 2 saturated carbocycles. The molecule has 1 nitrogen and oxygen atoms in total. The van der Waals surface area contributed by atoms with Crippen molar-refractivity contribution in [3.05, 3.63) is 22.8 Å². The minimum Gasteiger partial charge on any atom is -0.395 e. The van der Waals surface area contributed by atoms with Gasteiger partial charge in [-0.1, -0.05) is 67.3 Å². The quantitative estimate of drug-likeness (QED) is 0.307. The van der Waals surface area contributed by atoms with Crippen molar-refractivity contribution in [2.24, 2.45) is 28.6 Å². The van der Waals surface area contributed by atoms with E-state index in [9.17, 15) is 5.11 Å². The highest BCUT2D eigenvalue weighted by Gasteiger charge is 2.61. The van der Waals surface area contributed by atoms with Crippen LogP contribution in [0.3, 0.4) is 0 Å². The number of hydrogen-bond donors (Lipinski definition) is 1. The van der Waals surface area contributed by atoms with Gasteiger partial charge in [-0.2, -0.15) is 0 Å². The number of unbranched alkanes of at least 4 members (excludes halogenated alkanes) is 1. The van der Waals surface area contributed by atoms with E-state index >= 15 is 0 Å². The molecule has 0 bridgehead atoms. The summed E-state index contributed by atoms with van der Waals surface area (Å²) < 4.78 is 0. The van der Waals surface area contributed by atoms with E-state index in [4.69, 9.17) is 31.4 Å². The summed E-state index contributed by atoms with van der Waals surface area (Å²) in [5, 5.41) is 8.25. The fourth-order valence-electron chi connectivity index (χ4n) is 8.48. The molecule has 4 aliphatic rings. The Balaban J connectivity index is 0.00000149. The minimum absolute atomic E-state index is 0.0135. The zero-order valence-electron chi connectivity index (χ0n) is 22.2. The van der Waals surface area contributed by atoms with Crippen LogP contribution >= 0.6 is 0 Å². The van der Waals surface area contributed by atoms with Gasteiger partial charge < -0.3 is 5.11 Å². The SMILES string of the molecule is CC.[B]C1([B])CC2(C)C3=C(CCC2C([B])([B])C1O)C1CCC(CCCC=C(C)C)C1(C)CC3. The first-order valence-electron chi connectivity index (χ1n) is 13.5. The molecule has 0 aliphatic heterocycles. The second-order valence-electron chi connectivity index (χ2n) is 12.2. The summed E-state index contributed by atoms with van der Waals surface area (Å²) in [5.74, 6) is 1.51. The van der Waals surface area contributed by atoms with Crippen LogP contribution in [0, 0.1) is 28.6 Å². The average molecular weight is 440 g/mol. The second kappa shape index (κ2) is 9.63. The molecule has 174 valence electrons. The van der Waals surface area contributed by atoms with E-state index in [1.54, 1.807) is 5.57 Å². The molecular formula is C28H44B4O. The van der Waals surface area contributed by atoms with Gasteiger partial charge in [0.25, 0.3) is 0 Å².